The van der Waals surface area contributed by atoms with Crippen molar-refractivity contribution in [2.45, 2.75) is 6.92 Å². The molecule has 0 saturated heterocycles. The number of nitrogens with one attached hydrogen (secondary N) is 1. The van der Waals surface area contributed by atoms with Crippen LogP contribution in [0.3, 0.4) is 0 Å². The largest absolute Gasteiger partial charge is 0.505 e. The van der Waals surface area contributed by atoms with Crippen LogP contribution in [0.1, 0.15) is 16.1 Å². The number of carbonyl (C=O) groups excluding carboxylic acids is 1. The van der Waals surface area contributed by atoms with Gasteiger partial charge in [0.25, 0.3) is 11.5 Å². The Morgan fingerprint density at radius 1 is 1.42 bits per heavy atom. The maximum Gasteiger partial charge on any atom is 0.289 e. The van der Waals surface area contributed by atoms with Crippen molar-refractivity contribution < 1.29 is 9.90 Å². The molecule has 19 heavy (non-hydrogen) atoms. The summed E-state index contributed by atoms with van der Waals surface area (Å²) in [4.78, 5) is 23.2. The highest BCUT2D eigenvalue weighted by Gasteiger charge is 2.15. The number of nitrogen functional groups attached to an aromatic ring is 1. The van der Waals surface area contributed by atoms with Crippen molar-refractivity contribution in [2.24, 2.45) is 5.84 Å². The van der Waals surface area contributed by atoms with Crippen LogP contribution < -0.4 is 16.8 Å². The molecule has 1 amide bonds. The Morgan fingerprint density at radius 2 is 2.16 bits per heavy atom. The van der Waals surface area contributed by atoms with Gasteiger partial charge in [-0.2, -0.15) is 9.78 Å². The van der Waals surface area contributed by atoms with Crippen molar-refractivity contribution in [3.8, 4) is 11.4 Å². The van der Waals surface area contributed by atoms with E-state index in [1.807, 2.05) is 18.4 Å². The zero-order valence-electron chi connectivity index (χ0n) is 10.1. The fourth-order valence-corrected chi connectivity index (χ4v) is 1.62. The average molecular weight is 260 g/mol. The molecular formula is C12H12N4O3. The van der Waals surface area contributed by atoms with Gasteiger partial charge in [0, 0.05) is 6.07 Å². The normalized spacial score (nSPS) is 10.2. The van der Waals surface area contributed by atoms with Crippen LogP contribution in [-0.4, -0.2) is 20.8 Å². The number of hydrazine groups is 1. The number of rotatable bonds is 2. The van der Waals surface area contributed by atoms with E-state index in [9.17, 15) is 14.7 Å². The number of hydrogen-bond donors (Lipinski definition) is 3. The molecule has 1 aromatic carbocycles. The van der Waals surface area contributed by atoms with Crippen molar-refractivity contribution in [1.82, 2.24) is 15.2 Å². The molecule has 98 valence electrons. The topological polar surface area (TPSA) is 110 Å². The molecule has 1 heterocycles. The Labute approximate surface area is 108 Å². The van der Waals surface area contributed by atoms with Crippen molar-refractivity contribution in [1.29, 1.82) is 0 Å². The van der Waals surface area contributed by atoms with Crippen LogP contribution in [0.2, 0.25) is 0 Å². The second-order valence-corrected chi connectivity index (χ2v) is 3.94. The number of nitrogens with two attached hydrogens (primary N) is 1. The van der Waals surface area contributed by atoms with Crippen LogP contribution in [0, 0.1) is 6.92 Å². The van der Waals surface area contributed by atoms with Crippen LogP contribution in [0.5, 0.6) is 5.75 Å². The summed E-state index contributed by atoms with van der Waals surface area (Å²) < 4.78 is 1.03. The van der Waals surface area contributed by atoms with Gasteiger partial charge in [-0.15, -0.1) is 0 Å². The minimum Gasteiger partial charge on any atom is -0.505 e. The zero-order chi connectivity index (χ0) is 14.0. The summed E-state index contributed by atoms with van der Waals surface area (Å²) in [6.07, 6.45) is 0. The lowest BCUT2D eigenvalue weighted by molar-refractivity contribution is 0.0943. The standard InChI is InChI=1S/C12H12N4O3/c1-7-3-2-4-8(5-7)16-10(18)6-9(17)11(15-16)12(19)14-13/h2-6,17H,13H2,1H3,(H,14,19). The third kappa shape index (κ3) is 2.45. The lowest BCUT2D eigenvalue weighted by atomic mass is 10.2. The number of hydrogen-bond acceptors (Lipinski definition) is 5. The van der Waals surface area contributed by atoms with Gasteiger partial charge < -0.3 is 5.11 Å². The van der Waals surface area contributed by atoms with Gasteiger partial charge in [-0.05, 0) is 24.6 Å². The van der Waals surface area contributed by atoms with Gasteiger partial charge in [0.05, 0.1) is 5.69 Å². The quantitative estimate of drug-likeness (QED) is 0.395. The van der Waals surface area contributed by atoms with Gasteiger partial charge in [-0.25, -0.2) is 5.84 Å². The van der Waals surface area contributed by atoms with E-state index in [0.29, 0.717) is 5.69 Å². The first-order valence-corrected chi connectivity index (χ1v) is 5.44. The molecule has 7 heteroatoms. The average Bonchev–Trinajstić information content (AvgIpc) is 2.38. The van der Waals surface area contributed by atoms with E-state index in [2.05, 4.69) is 5.10 Å². The van der Waals surface area contributed by atoms with Crippen molar-refractivity contribution in [2.75, 3.05) is 0 Å². The fourth-order valence-electron chi connectivity index (χ4n) is 1.62. The van der Waals surface area contributed by atoms with E-state index < -0.39 is 17.2 Å². The number of nitrogens with zero attached hydrogens (tertiary/aromatic N) is 2. The summed E-state index contributed by atoms with van der Waals surface area (Å²) in [5.74, 6) is 3.69. The molecule has 0 aliphatic heterocycles. The number of aromatic nitrogens is 2. The zero-order valence-corrected chi connectivity index (χ0v) is 10.1. The Morgan fingerprint density at radius 3 is 2.79 bits per heavy atom. The fraction of sp³-hybridized carbons (Fsp3) is 0.0833. The molecule has 2 rings (SSSR count). The van der Waals surface area contributed by atoms with E-state index in [4.69, 9.17) is 5.84 Å². The van der Waals surface area contributed by atoms with Crippen LogP contribution in [0.4, 0.5) is 0 Å². The molecule has 0 aliphatic carbocycles. The smallest absolute Gasteiger partial charge is 0.289 e. The van der Waals surface area contributed by atoms with E-state index in [1.54, 1.807) is 18.2 Å². The Kier molecular flexibility index (Phi) is 3.30. The van der Waals surface area contributed by atoms with Gasteiger partial charge in [-0.3, -0.25) is 15.0 Å². The van der Waals surface area contributed by atoms with E-state index >= 15 is 0 Å². The summed E-state index contributed by atoms with van der Waals surface area (Å²) >= 11 is 0. The molecule has 4 N–H and O–H groups in total. The highest BCUT2D eigenvalue weighted by molar-refractivity contribution is 5.94. The Bertz CT molecular complexity index is 694. The number of carbonyl (C=O) groups is 1. The first-order chi connectivity index (χ1) is 9.02. The predicted molar refractivity (Wildman–Crippen MR) is 67.9 cm³/mol. The molecule has 1 aromatic heterocycles. The number of amides is 1. The molecule has 7 nitrogen and oxygen atoms in total. The summed E-state index contributed by atoms with van der Waals surface area (Å²) in [6, 6.07) is 7.94. The molecule has 0 aliphatic rings. The maximum absolute atomic E-state index is 11.8. The third-order valence-corrected chi connectivity index (χ3v) is 2.50. The molecular weight excluding hydrogens is 248 g/mol. The van der Waals surface area contributed by atoms with Gasteiger partial charge in [0.15, 0.2) is 11.4 Å². The van der Waals surface area contributed by atoms with Gasteiger partial charge in [0.1, 0.15) is 0 Å². The van der Waals surface area contributed by atoms with Crippen LogP contribution in [-0.2, 0) is 0 Å². The summed E-state index contributed by atoms with van der Waals surface area (Å²) in [7, 11) is 0. The molecule has 0 radical (unpaired) electrons. The van der Waals surface area contributed by atoms with Crippen LogP contribution in [0.15, 0.2) is 35.1 Å². The Hall–Kier alpha value is -2.67. The minimum absolute atomic E-state index is 0.316. The van der Waals surface area contributed by atoms with Crippen LogP contribution in [0.25, 0.3) is 5.69 Å². The lowest BCUT2D eigenvalue weighted by Gasteiger charge is -2.08. The number of benzene rings is 1. The third-order valence-electron chi connectivity index (χ3n) is 2.50. The highest BCUT2D eigenvalue weighted by atomic mass is 16.3. The molecule has 0 spiro atoms. The molecule has 0 fully saturated rings. The van der Waals surface area contributed by atoms with E-state index in [1.165, 1.54) is 0 Å². The van der Waals surface area contributed by atoms with Crippen molar-refractivity contribution >= 4 is 5.91 Å². The first-order valence-electron chi connectivity index (χ1n) is 5.44. The summed E-state index contributed by atoms with van der Waals surface area (Å²) in [5.41, 5.74) is 2.42. The maximum atomic E-state index is 11.8. The number of aromatic hydroxyl groups is 1. The Balaban J connectivity index is 2.64. The minimum atomic E-state index is -0.779. The molecule has 0 unspecified atom stereocenters. The number of aryl methyl sites for hydroxylation is 1. The second kappa shape index (κ2) is 4.91. The van der Waals surface area contributed by atoms with Gasteiger partial charge in [0.2, 0.25) is 0 Å². The SMILES string of the molecule is Cc1cccc(-n2nc(C(=O)NN)c(O)cc2=O)c1. The van der Waals surface area contributed by atoms with Crippen molar-refractivity contribution in [3.05, 3.63) is 51.9 Å². The van der Waals surface area contributed by atoms with E-state index in [0.717, 1.165) is 16.3 Å². The van der Waals surface area contributed by atoms with Gasteiger partial charge in [-0.1, -0.05) is 12.1 Å². The summed E-state index contributed by atoms with van der Waals surface area (Å²) in [6.45, 7) is 1.86. The lowest BCUT2D eigenvalue weighted by Crippen LogP contribution is -2.33. The molecule has 2 aromatic rings. The second-order valence-electron chi connectivity index (χ2n) is 3.94. The first kappa shape index (κ1) is 12.8. The molecule has 0 atom stereocenters. The van der Waals surface area contributed by atoms with Crippen LogP contribution >= 0.6 is 0 Å². The monoisotopic (exact) mass is 260 g/mol. The summed E-state index contributed by atoms with van der Waals surface area (Å²) in [5, 5.41) is 13.3. The molecule has 0 bridgehead atoms. The van der Waals surface area contributed by atoms with Crippen molar-refractivity contribution in [3.63, 3.8) is 0 Å². The predicted octanol–water partition coefficient (Wildman–Crippen LogP) is -0.150. The van der Waals surface area contributed by atoms with Gasteiger partial charge >= 0.3 is 0 Å². The van der Waals surface area contributed by atoms with E-state index in [-0.39, 0.29) is 5.69 Å². The highest BCUT2D eigenvalue weighted by Crippen LogP contribution is 2.13. The molecule has 0 saturated carbocycles.